The van der Waals surface area contributed by atoms with Crippen molar-refractivity contribution in [1.29, 1.82) is 0 Å². The van der Waals surface area contributed by atoms with Gasteiger partial charge in [0.25, 0.3) is 5.91 Å². The molecular formula is C36H41Cl2N7O4. The standard InChI is InChI=1S/C36H41Cl2N7O4/c1-36(48)19-44(20-36)18-30-42-45-17-22(15-29(45)35(47)43(30)2)33-32(38)26(13-14-39-33)25-5-4-6-27(31(25)37)28-12-7-21(34(41-28)49-3)16-40-23-8-10-24(46)11-9-23/h4-7,12-15,17,23-24,30,40,42,46,48H,8-11,16,18-20H2,1-3H3. The highest BCUT2D eigenvalue weighted by atomic mass is 35.5. The molecule has 1 amide bonds. The fourth-order valence-electron chi connectivity index (χ4n) is 7.14. The number of benzene rings is 1. The van der Waals surface area contributed by atoms with Gasteiger partial charge in [-0.2, -0.15) is 0 Å². The first-order valence-corrected chi connectivity index (χ1v) is 17.4. The van der Waals surface area contributed by atoms with Crippen LogP contribution in [0.2, 0.25) is 10.0 Å². The van der Waals surface area contributed by atoms with Crippen LogP contribution < -0.4 is 15.5 Å². The molecular weight excluding hydrogens is 665 g/mol. The SMILES string of the molecule is COc1nc(-c2cccc(-c3ccnc(-c4cc5n(c4)NC(CN4CC(C)(O)C4)N(C)C5=O)c3Cl)c2Cl)ccc1CNC1CCC(O)CC1. The van der Waals surface area contributed by atoms with Crippen molar-refractivity contribution < 1.29 is 19.7 Å². The van der Waals surface area contributed by atoms with E-state index in [1.54, 1.807) is 36.0 Å². The van der Waals surface area contributed by atoms with Gasteiger partial charge in [-0.05, 0) is 50.8 Å². The van der Waals surface area contributed by atoms with Gasteiger partial charge in [0.15, 0.2) is 0 Å². The molecule has 5 heterocycles. The number of hydrogen-bond acceptors (Lipinski definition) is 9. The quantitative estimate of drug-likeness (QED) is 0.190. The summed E-state index contributed by atoms with van der Waals surface area (Å²) >= 11 is 14.2. The Morgan fingerprint density at radius 2 is 1.80 bits per heavy atom. The van der Waals surface area contributed by atoms with E-state index in [-0.39, 0.29) is 18.2 Å². The number of rotatable bonds is 9. The molecule has 3 aromatic heterocycles. The van der Waals surface area contributed by atoms with Gasteiger partial charge in [0, 0.05) is 79.5 Å². The van der Waals surface area contributed by atoms with Crippen molar-refractivity contribution in [2.45, 2.75) is 63.1 Å². The summed E-state index contributed by atoms with van der Waals surface area (Å²) < 4.78 is 7.42. The van der Waals surface area contributed by atoms with Crippen molar-refractivity contribution >= 4 is 29.1 Å². The largest absolute Gasteiger partial charge is 0.481 e. The number of likely N-dealkylation sites (N-methyl/N-ethyl adjacent to an activating group) is 1. The smallest absolute Gasteiger partial charge is 0.273 e. The molecule has 2 fully saturated rings. The Balaban J connectivity index is 1.13. The van der Waals surface area contributed by atoms with Crippen LogP contribution in [-0.4, -0.2) is 98.3 Å². The molecule has 1 saturated carbocycles. The number of nitrogens with one attached hydrogen (secondary N) is 2. The number of methoxy groups -OCH3 is 1. The molecule has 11 nitrogen and oxygen atoms in total. The van der Waals surface area contributed by atoms with Gasteiger partial charge >= 0.3 is 0 Å². The minimum atomic E-state index is -0.689. The summed E-state index contributed by atoms with van der Waals surface area (Å²) in [6.07, 6.45) is 6.59. The summed E-state index contributed by atoms with van der Waals surface area (Å²) in [6.45, 7) is 4.14. The van der Waals surface area contributed by atoms with Crippen LogP contribution in [0.4, 0.5) is 0 Å². The predicted octanol–water partition coefficient (Wildman–Crippen LogP) is 5.01. The normalized spacial score (nSPS) is 22.0. The molecule has 13 heteroatoms. The topological polar surface area (TPSA) is 128 Å². The van der Waals surface area contributed by atoms with Crippen LogP contribution in [0.15, 0.2) is 54.9 Å². The molecule has 0 radical (unpaired) electrons. The number of β-amino-alcohol motifs (C(OH)–C–C–N with tert-alkyl or cyclic N) is 1. The first-order valence-electron chi connectivity index (χ1n) is 16.6. The molecule has 3 aliphatic rings. The third kappa shape index (κ3) is 6.75. The zero-order chi connectivity index (χ0) is 34.4. The van der Waals surface area contributed by atoms with Crippen LogP contribution in [0.5, 0.6) is 5.88 Å². The molecule has 1 atom stereocenters. The summed E-state index contributed by atoms with van der Waals surface area (Å²) in [4.78, 5) is 26.6. The number of likely N-dealkylation sites (tertiary alicyclic amines) is 1. The lowest BCUT2D eigenvalue weighted by atomic mass is 9.93. The van der Waals surface area contributed by atoms with E-state index in [0.717, 1.165) is 42.4 Å². The van der Waals surface area contributed by atoms with Gasteiger partial charge in [0.05, 0.1) is 40.2 Å². The third-order valence-corrected chi connectivity index (χ3v) is 10.6. The Kier molecular flexibility index (Phi) is 9.33. The molecule has 1 aromatic carbocycles. The van der Waals surface area contributed by atoms with E-state index in [1.165, 1.54) is 0 Å². The van der Waals surface area contributed by atoms with Gasteiger partial charge in [-0.1, -0.05) is 47.5 Å². The van der Waals surface area contributed by atoms with Gasteiger partial charge < -0.3 is 30.6 Å². The Hall–Kier alpha value is -3.71. The van der Waals surface area contributed by atoms with E-state index in [0.29, 0.717) is 76.4 Å². The van der Waals surface area contributed by atoms with Gasteiger partial charge in [0.2, 0.25) is 5.88 Å². The van der Waals surface area contributed by atoms with Crippen LogP contribution in [-0.2, 0) is 6.54 Å². The second kappa shape index (κ2) is 13.5. The van der Waals surface area contributed by atoms with E-state index >= 15 is 0 Å². The van der Waals surface area contributed by atoms with Gasteiger partial charge in [-0.3, -0.25) is 19.4 Å². The summed E-state index contributed by atoms with van der Waals surface area (Å²) in [5, 5.41) is 24.4. The Bertz CT molecular complexity index is 1870. The molecule has 7 rings (SSSR count). The molecule has 1 saturated heterocycles. The van der Waals surface area contributed by atoms with Gasteiger partial charge in [-0.15, -0.1) is 0 Å². The minimum absolute atomic E-state index is 0.121. The number of nitrogens with zero attached hydrogens (tertiary/aromatic N) is 5. The number of carbonyl (C=O) groups excluding carboxylic acids is 1. The number of hydrogen-bond donors (Lipinski definition) is 4. The molecule has 1 aliphatic carbocycles. The van der Waals surface area contributed by atoms with E-state index in [4.69, 9.17) is 32.9 Å². The fraction of sp³-hybridized carbons (Fsp3) is 0.417. The maximum Gasteiger partial charge on any atom is 0.273 e. The molecule has 0 bridgehead atoms. The number of aliphatic hydroxyl groups excluding tert-OH is 1. The number of halogens is 2. The van der Waals surface area contributed by atoms with Crippen molar-refractivity contribution in [2.24, 2.45) is 0 Å². The number of pyridine rings is 2. The fourth-order valence-corrected chi connectivity index (χ4v) is 7.79. The first-order chi connectivity index (χ1) is 23.5. The highest BCUT2D eigenvalue weighted by Gasteiger charge is 2.40. The number of amides is 1. The monoisotopic (exact) mass is 705 g/mol. The van der Waals surface area contributed by atoms with Crippen LogP contribution in [0.25, 0.3) is 33.6 Å². The second-order valence-electron chi connectivity index (χ2n) is 13.7. The minimum Gasteiger partial charge on any atom is -0.481 e. The first kappa shape index (κ1) is 33.8. The third-order valence-electron chi connectivity index (χ3n) is 9.81. The van der Waals surface area contributed by atoms with Gasteiger partial charge in [-0.25, -0.2) is 4.98 Å². The van der Waals surface area contributed by atoms with Crippen LogP contribution in [0.1, 0.15) is 48.7 Å². The zero-order valence-corrected chi connectivity index (χ0v) is 29.3. The van der Waals surface area contributed by atoms with Crippen LogP contribution in [0, 0.1) is 0 Å². The number of aromatic nitrogens is 3. The molecule has 49 heavy (non-hydrogen) atoms. The van der Waals surface area contributed by atoms with E-state index in [2.05, 4.69) is 20.6 Å². The van der Waals surface area contributed by atoms with Crippen molar-refractivity contribution in [3.8, 4) is 39.5 Å². The van der Waals surface area contributed by atoms with Crippen LogP contribution >= 0.6 is 23.2 Å². The Labute approximate surface area is 295 Å². The average molecular weight is 707 g/mol. The van der Waals surface area contributed by atoms with Crippen molar-refractivity contribution in [3.63, 3.8) is 0 Å². The summed E-state index contributed by atoms with van der Waals surface area (Å²) in [6, 6.07) is 13.7. The van der Waals surface area contributed by atoms with Crippen molar-refractivity contribution in [3.05, 3.63) is 76.2 Å². The summed E-state index contributed by atoms with van der Waals surface area (Å²) in [5.41, 5.74) is 8.19. The maximum absolute atomic E-state index is 13.4. The molecule has 2 aliphatic heterocycles. The number of fused-ring (bicyclic) bond motifs is 1. The lowest BCUT2D eigenvalue weighted by Crippen LogP contribution is -2.65. The lowest BCUT2D eigenvalue weighted by Gasteiger charge is -2.47. The predicted molar refractivity (Wildman–Crippen MR) is 190 cm³/mol. The lowest BCUT2D eigenvalue weighted by molar-refractivity contribution is -0.0886. The van der Waals surface area contributed by atoms with Crippen molar-refractivity contribution in [1.82, 2.24) is 29.8 Å². The number of aliphatic hydroxyl groups is 2. The Morgan fingerprint density at radius 3 is 2.53 bits per heavy atom. The van der Waals surface area contributed by atoms with E-state index < -0.39 is 5.60 Å². The summed E-state index contributed by atoms with van der Waals surface area (Å²) in [7, 11) is 3.38. The molecule has 258 valence electrons. The van der Waals surface area contributed by atoms with E-state index in [9.17, 15) is 15.0 Å². The molecule has 4 aromatic rings. The second-order valence-corrected chi connectivity index (χ2v) is 14.4. The highest BCUT2D eigenvalue weighted by Crippen LogP contribution is 2.42. The van der Waals surface area contributed by atoms with Gasteiger partial charge in [0.1, 0.15) is 11.9 Å². The summed E-state index contributed by atoms with van der Waals surface area (Å²) in [5.74, 6) is 0.404. The van der Waals surface area contributed by atoms with Crippen LogP contribution in [0.3, 0.4) is 0 Å². The molecule has 0 spiro atoms. The maximum atomic E-state index is 13.4. The number of carbonyl (C=O) groups is 1. The Morgan fingerprint density at radius 1 is 1.06 bits per heavy atom. The highest BCUT2D eigenvalue weighted by molar-refractivity contribution is 6.39. The molecule has 1 unspecified atom stereocenters. The molecule has 4 N–H and O–H groups in total. The van der Waals surface area contributed by atoms with E-state index in [1.807, 2.05) is 49.5 Å². The zero-order valence-electron chi connectivity index (χ0n) is 27.8. The van der Waals surface area contributed by atoms with Crippen molar-refractivity contribution in [2.75, 3.05) is 39.2 Å². The number of ether oxygens (including phenoxy) is 1. The average Bonchev–Trinajstić information content (AvgIpc) is 3.50.